The minimum absolute atomic E-state index is 0.0713. The summed E-state index contributed by atoms with van der Waals surface area (Å²) in [6.45, 7) is 4.05. The first kappa shape index (κ1) is 13.0. The van der Waals surface area contributed by atoms with Gasteiger partial charge in [-0.25, -0.2) is 0 Å². The Hall–Kier alpha value is -1.42. The first-order valence-electron chi connectivity index (χ1n) is 6.51. The van der Waals surface area contributed by atoms with Crippen molar-refractivity contribution in [2.75, 3.05) is 19.8 Å². The number of nitrogens with zero attached hydrogens (tertiary/aromatic N) is 1. The molecule has 0 aromatic carbocycles. The molecule has 0 bridgehead atoms. The number of pyridine rings is 1. The Morgan fingerprint density at radius 2 is 2.22 bits per heavy atom. The average Bonchev–Trinajstić information content (AvgIpc) is 2.45. The molecule has 1 fully saturated rings. The first-order chi connectivity index (χ1) is 8.81. The van der Waals surface area contributed by atoms with Gasteiger partial charge in [0, 0.05) is 30.9 Å². The van der Waals surface area contributed by atoms with Crippen LogP contribution in [0.5, 0.6) is 5.75 Å². The highest BCUT2D eigenvalue weighted by Gasteiger charge is 2.23. The van der Waals surface area contributed by atoms with Crippen LogP contribution in [0.25, 0.3) is 0 Å². The number of ether oxygens (including phenoxy) is 2. The first-order valence-corrected chi connectivity index (χ1v) is 6.51. The van der Waals surface area contributed by atoms with Gasteiger partial charge in [0.25, 0.3) is 0 Å². The highest BCUT2D eigenvalue weighted by atomic mass is 16.5. The summed E-state index contributed by atoms with van der Waals surface area (Å²) < 4.78 is 10.8. The van der Waals surface area contributed by atoms with Crippen LogP contribution >= 0.6 is 0 Å². The van der Waals surface area contributed by atoms with Crippen molar-refractivity contribution in [2.45, 2.75) is 26.2 Å². The maximum absolute atomic E-state index is 12.3. The molecule has 0 saturated carbocycles. The van der Waals surface area contributed by atoms with Crippen molar-refractivity contribution < 1.29 is 14.3 Å². The van der Waals surface area contributed by atoms with Crippen LogP contribution in [0.1, 0.15) is 36.5 Å². The molecule has 1 aromatic heterocycles. The molecule has 4 heteroatoms. The number of aromatic nitrogens is 1. The smallest absolute Gasteiger partial charge is 0.167 e. The lowest BCUT2D eigenvalue weighted by atomic mass is 9.92. The van der Waals surface area contributed by atoms with E-state index in [4.69, 9.17) is 9.47 Å². The Balaban J connectivity index is 2.04. The van der Waals surface area contributed by atoms with Gasteiger partial charge in [-0.15, -0.1) is 0 Å². The normalized spacial score (nSPS) is 16.5. The molecule has 1 aliphatic heterocycles. The molecule has 0 amide bonds. The summed E-state index contributed by atoms with van der Waals surface area (Å²) in [5.41, 5.74) is 0.649. The van der Waals surface area contributed by atoms with Crippen LogP contribution in [0.3, 0.4) is 0 Å². The van der Waals surface area contributed by atoms with Crippen LogP contribution in [0.2, 0.25) is 0 Å². The third kappa shape index (κ3) is 3.29. The Kier molecular flexibility index (Phi) is 4.70. The number of Topliss-reactive ketones (excluding diaryl/α,β-unsaturated/α-hetero) is 1. The van der Waals surface area contributed by atoms with Crippen molar-refractivity contribution >= 4 is 5.78 Å². The van der Waals surface area contributed by atoms with E-state index in [1.54, 1.807) is 18.5 Å². The monoisotopic (exact) mass is 249 g/mol. The second-order valence-corrected chi connectivity index (χ2v) is 4.51. The number of ketones is 1. The molecule has 0 atom stereocenters. The van der Waals surface area contributed by atoms with E-state index in [-0.39, 0.29) is 11.7 Å². The zero-order chi connectivity index (χ0) is 12.8. The van der Waals surface area contributed by atoms with E-state index in [1.165, 1.54) is 0 Å². The summed E-state index contributed by atoms with van der Waals surface area (Å²) in [6, 6.07) is 1.79. The maximum Gasteiger partial charge on any atom is 0.167 e. The minimum atomic E-state index is 0.0713. The van der Waals surface area contributed by atoms with Gasteiger partial charge in [0.05, 0.1) is 12.8 Å². The molecule has 0 aliphatic carbocycles. The summed E-state index contributed by atoms with van der Waals surface area (Å²) >= 11 is 0. The summed E-state index contributed by atoms with van der Waals surface area (Å²) in [6.07, 6.45) is 5.82. The van der Waals surface area contributed by atoms with Gasteiger partial charge in [-0.05, 0) is 25.3 Å². The Bertz CT molecular complexity index is 400. The number of hydrogen-bond acceptors (Lipinski definition) is 4. The van der Waals surface area contributed by atoms with Crippen molar-refractivity contribution in [3.8, 4) is 5.75 Å². The van der Waals surface area contributed by atoms with E-state index in [9.17, 15) is 4.79 Å². The van der Waals surface area contributed by atoms with Gasteiger partial charge < -0.3 is 9.47 Å². The zero-order valence-electron chi connectivity index (χ0n) is 10.7. The molecule has 2 rings (SSSR count). The summed E-state index contributed by atoms with van der Waals surface area (Å²) in [5.74, 6) is 0.907. The van der Waals surface area contributed by atoms with E-state index < -0.39 is 0 Å². The van der Waals surface area contributed by atoms with Crippen LogP contribution in [0.4, 0.5) is 0 Å². The fourth-order valence-electron chi connectivity index (χ4n) is 2.05. The van der Waals surface area contributed by atoms with Crippen molar-refractivity contribution in [3.63, 3.8) is 0 Å². The van der Waals surface area contributed by atoms with Gasteiger partial charge in [0.15, 0.2) is 5.78 Å². The molecule has 0 unspecified atom stereocenters. The standard InChI is InChI=1S/C14H19NO3/c1-2-5-18-13-8-12(9-15-10-13)14(16)11-3-6-17-7-4-11/h8-11H,2-7H2,1H3. The summed E-state index contributed by atoms with van der Waals surface area (Å²) in [5, 5.41) is 0. The highest BCUT2D eigenvalue weighted by molar-refractivity contribution is 5.97. The fourth-order valence-corrected chi connectivity index (χ4v) is 2.05. The minimum Gasteiger partial charge on any atom is -0.492 e. The van der Waals surface area contributed by atoms with Crippen LogP contribution in [0.15, 0.2) is 18.5 Å². The van der Waals surface area contributed by atoms with Crippen molar-refractivity contribution in [2.24, 2.45) is 5.92 Å². The topological polar surface area (TPSA) is 48.4 Å². The Morgan fingerprint density at radius 3 is 2.94 bits per heavy atom. The number of rotatable bonds is 5. The van der Waals surface area contributed by atoms with Crippen LogP contribution in [-0.2, 0) is 4.74 Å². The van der Waals surface area contributed by atoms with Crippen molar-refractivity contribution in [3.05, 3.63) is 24.0 Å². The molecular weight excluding hydrogens is 230 g/mol. The van der Waals surface area contributed by atoms with Gasteiger partial charge in [-0.1, -0.05) is 6.92 Å². The van der Waals surface area contributed by atoms with Gasteiger partial charge in [0.2, 0.25) is 0 Å². The van der Waals surface area contributed by atoms with Gasteiger partial charge in [-0.3, -0.25) is 9.78 Å². The Labute approximate surface area is 107 Å². The molecule has 0 spiro atoms. The summed E-state index contributed by atoms with van der Waals surface area (Å²) in [4.78, 5) is 16.4. The molecule has 1 aliphatic rings. The number of carbonyl (C=O) groups excluding carboxylic acids is 1. The molecule has 1 aromatic rings. The predicted molar refractivity (Wildman–Crippen MR) is 67.9 cm³/mol. The number of hydrogen-bond donors (Lipinski definition) is 0. The fraction of sp³-hybridized carbons (Fsp3) is 0.571. The van der Waals surface area contributed by atoms with Crippen LogP contribution < -0.4 is 4.74 Å². The third-order valence-electron chi connectivity index (χ3n) is 3.06. The molecular formula is C14H19NO3. The van der Waals surface area contributed by atoms with Crippen LogP contribution in [-0.4, -0.2) is 30.6 Å². The van der Waals surface area contributed by atoms with E-state index in [2.05, 4.69) is 4.98 Å². The van der Waals surface area contributed by atoms with E-state index >= 15 is 0 Å². The molecule has 98 valence electrons. The lowest BCUT2D eigenvalue weighted by Gasteiger charge is -2.20. The Morgan fingerprint density at radius 1 is 1.44 bits per heavy atom. The van der Waals surface area contributed by atoms with E-state index in [1.807, 2.05) is 6.92 Å². The number of carbonyl (C=O) groups is 1. The van der Waals surface area contributed by atoms with Crippen LogP contribution in [0, 0.1) is 5.92 Å². The second-order valence-electron chi connectivity index (χ2n) is 4.51. The lowest BCUT2D eigenvalue weighted by Crippen LogP contribution is -2.23. The highest BCUT2D eigenvalue weighted by Crippen LogP contribution is 2.21. The second kappa shape index (κ2) is 6.50. The molecule has 0 radical (unpaired) electrons. The molecule has 1 saturated heterocycles. The SMILES string of the molecule is CCCOc1cncc(C(=O)C2CCOCC2)c1. The summed E-state index contributed by atoms with van der Waals surface area (Å²) in [7, 11) is 0. The van der Waals surface area contributed by atoms with E-state index in [0.717, 1.165) is 19.3 Å². The predicted octanol–water partition coefficient (Wildman–Crippen LogP) is 2.48. The van der Waals surface area contributed by atoms with Crippen molar-refractivity contribution in [1.82, 2.24) is 4.98 Å². The zero-order valence-corrected chi connectivity index (χ0v) is 10.7. The largest absolute Gasteiger partial charge is 0.492 e. The van der Waals surface area contributed by atoms with E-state index in [0.29, 0.717) is 31.1 Å². The van der Waals surface area contributed by atoms with Crippen molar-refractivity contribution in [1.29, 1.82) is 0 Å². The van der Waals surface area contributed by atoms with Gasteiger partial charge in [-0.2, -0.15) is 0 Å². The molecule has 2 heterocycles. The lowest BCUT2D eigenvalue weighted by molar-refractivity contribution is 0.0544. The van der Waals surface area contributed by atoms with Gasteiger partial charge in [0.1, 0.15) is 5.75 Å². The molecule has 4 nitrogen and oxygen atoms in total. The molecule has 0 N–H and O–H groups in total. The van der Waals surface area contributed by atoms with Gasteiger partial charge >= 0.3 is 0 Å². The third-order valence-corrected chi connectivity index (χ3v) is 3.06. The molecule has 18 heavy (non-hydrogen) atoms. The average molecular weight is 249 g/mol. The quantitative estimate of drug-likeness (QED) is 0.752. The maximum atomic E-state index is 12.3.